The number of nitrogens with zero attached hydrogens (tertiary/aromatic N) is 1. The lowest BCUT2D eigenvalue weighted by Crippen LogP contribution is -2.32. The second-order valence-corrected chi connectivity index (χ2v) is 3.33. The summed E-state index contributed by atoms with van der Waals surface area (Å²) in [6.07, 6.45) is 5.14. The maximum Gasteiger partial charge on any atom is 0.253 e. The van der Waals surface area contributed by atoms with Crippen LogP contribution in [0, 0.1) is 0 Å². The van der Waals surface area contributed by atoms with Crippen LogP contribution in [0.25, 0.3) is 0 Å². The highest BCUT2D eigenvalue weighted by molar-refractivity contribution is 5.94. The van der Waals surface area contributed by atoms with Crippen LogP contribution in [0.2, 0.25) is 0 Å². The third-order valence-corrected chi connectivity index (χ3v) is 1.88. The Bertz CT molecular complexity index is 363. The van der Waals surface area contributed by atoms with E-state index in [4.69, 9.17) is 5.11 Å². The van der Waals surface area contributed by atoms with Crippen LogP contribution in [0.3, 0.4) is 0 Å². The lowest BCUT2D eigenvalue weighted by atomic mass is 10.2. The Morgan fingerprint density at radius 2 is 2.47 bits per heavy atom. The molecule has 2 N–H and O–H groups in total. The van der Waals surface area contributed by atoms with Crippen LogP contribution in [-0.4, -0.2) is 22.0 Å². The maximum absolute atomic E-state index is 11.6. The van der Waals surface area contributed by atoms with E-state index < -0.39 is 0 Å². The number of carbonyl (C=O) groups excluding carboxylic acids is 1. The van der Waals surface area contributed by atoms with Gasteiger partial charge in [0.25, 0.3) is 5.91 Å². The largest absolute Gasteiger partial charge is 0.506 e. The van der Waals surface area contributed by atoms with Crippen molar-refractivity contribution in [1.29, 1.82) is 0 Å². The molecule has 1 rings (SSSR count). The van der Waals surface area contributed by atoms with Gasteiger partial charge in [0, 0.05) is 12.2 Å². The second-order valence-electron chi connectivity index (χ2n) is 3.33. The number of nitrogens with one attached hydrogen (secondary N) is 1. The van der Waals surface area contributed by atoms with E-state index in [1.54, 1.807) is 6.08 Å². The molecule has 15 heavy (non-hydrogen) atoms. The summed E-state index contributed by atoms with van der Waals surface area (Å²) in [5, 5.41) is 11.9. The molecule has 0 spiro atoms. The van der Waals surface area contributed by atoms with Gasteiger partial charge in [-0.25, -0.2) is 0 Å². The summed E-state index contributed by atoms with van der Waals surface area (Å²) in [6, 6.07) is 1.40. The number of aromatic nitrogens is 1. The van der Waals surface area contributed by atoms with Crippen LogP contribution < -0.4 is 5.32 Å². The Morgan fingerprint density at radius 1 is 1.73 bits per heavy atom. The predicted octanol–water partition coefficient (Wildman–Crippen LogP) is 1.48. The molecule has 4 heteroatoms. The van der Waals surface area contributed by atoms with Gasteiger partial charge in [0.1, 0.15) is 5.75 Å². The van der Waals surface area contributed by atoms with Crippen molar-refractivity contribution in [3.63, 3.8) is 0 Å². The molecule has 0 aliphatic heterocycles. The minimum absolute atomic E-state index is 0.0148. The standard InChI is InChI=1S/C11H14N2O2/c1-3-4-8(2)13-11(15)9-5-10(14)7-12-6-9/h3,5-8,14H,1,4H2,2H3,(H,13,15). The second kappa shape index (κ2) is 5.14. The number of amides is 1. The zero-order valence-corrected chi connectivity index (χ0v) is 8.60. The number of pyridine rings is 1. The first-order chi connectivity index (χ1) is 7.13. The Labute approximate surface area is 88.7 Å². The molecule has 0 aliphatic rings. The molecule has 0 saturated heterocycles. The molecule has 1 aromatic heterocycles. The van der Waals surface area contributed by atoms with Crippen LogP contribution in [0.15, 0.2) is 31.1 Å². The van der Waals surface area contributed by atoms with Crippen LogP contribution in [0.4, 0.5) is 0 Å². The summed E-state index contributed by atoms with van der Waals surface area (Å²) in [7, 11) is 0. The van der Waals surface area contributed by atoms with Gasteiger partial charge >= 0.3 is 0 Å². The number of carbonyl (C=O) groups is 1. The smallest absolute Gasteiger partial charge is 0.253 e. The fourth-order valence-electron chi connectivity index (χ4n) is 1.17. The minimum Gasteiger partial charge on any atom is -0.506 e. The monoisotopic (exact) mass is 206 g/mol. The normalized spacial score (nSPS) is 11.8. The lowest BCUT2D eigenvalue weighted by Gasteiger charge is -2.11. The molecular weight excluding hydrogens is 192 g/mol. The van der Waals surface area contributed by atoms with Gasteiger partial charge in [-0.1, -0.05) is 6.08 Å². The Kier molecular flexibility index (Phi) is 3.85. The highest BCUT2D eigenvalue weighted by Gasteiger charge is 2.09. The van der Waals surface area contributed by atoms with Crippen molar-refractivity contribution in [2.24, 2.45) is 0 Å². The highest BCUT2D eigenvalue weighted by Crippen LogP contribution is 2.08. The average Bonchev–Trinajstić information content (AvgIpc) is 2.18. The van der Waals surface area contributed by atoms with Crippen molar-refractivity contribution >= 4 is 5.91 Å². The molecule has 1 heterocycles. The lowest BCUT2D eigenvalue weighted by molar-refractivity contribution is 0.0939. The average molecular weight is 206 g/mol. The Hall–Kier alpha value is -1.84. The van der Waals surface area contributed by atoms with Gasteiger partial charge in [-0.15, -0.1) is 6.58 Å². The van der Waals surface area contributed by atoms with Crippen molar-refractivity contribution in [1.82, 2.24) is 10.3 Å². The van der Waals surface area contributed by atoms with E-state index in [1.165, 1.54) is 18.5 Å². The van der Waals surface area contributed by atoms with Crippen LogP contribution in [0.5, 0.6) is 5.75 Å². The van der Waals surface area contributed by atoms with Crippen molar-refractivity contribution in [3.8, 4) is 5.75 Å². The first-order valence-electron chi connectivity index (χ1n) is 4.69. The maximum atomic E-state index is 11.6. The molecule has 0 fully saturated rings. The molecule has 1 aromatic rings. The summed E-state index contributed by atoms with van der Waals surface area (Å²) < 4.78 is 0. The summed E-state index contributed by atoms with van der Waals surface area (Å²) in [5.41, 5.74) is 0.353. The van der Waals surface area contributed by atoms with Crippen molar-refractivity contribution in [2.45, 2.75) is 19.4 Å². The molecule has 1 atom stereocenters. The minimum atomic E-state index is -0.243. The molecule has 0 aliphatic carbocycles. The summed E-state index contributed by atoms with van der Waals surface area (Å²) >= 11 is 0. The molecule has 0 saturated carbocycles. The van der Waals surface area contributed by atoms with Crippen molar-refractivity contribution in [3.05, 3.63) is 36.7 Å². The van der Waals surface area contributed by atoms with E-state index in [2.05, 4.69) is 16.9 Å². The molecular formula is C11H14N2O2. The van der Waals surface area contributed by atoms with Gasteiger partial charge in [0.2, 0.25) is 0 Å². The number of hydrogen-bond donors (Lipinski definition) is 2. The van der Waals surface area contributed by atoms with Gasteiger partial charge in [-0.2, -0.15) is 0 Å². The molecule has 0 aromatic carbocycles. The fraction of sp³-hybridized carbons (Fsp3) is 0.273. The van der Waals surface area contributed by atoms with Crippen LogP contribution >= 0.6 is 0 Å². The third-order valence-electron chi connectivity index (χ3n) is 1.88. The van der Waals surface area contributed by atoms with E-state index in [0.717, 1.165) is 0 Å². The summed E-state index contributed by atoms with van der Waals surface area (Å²) in [6.45, 7) is 5.48. The van der Waals surface area contributed by atoms with Crippen molar-refractivity contribution in [2.75, 3.05) is 0 Å². The quantitative estimate of drug-likeness (QED) is 0.733. The van der Waals surface area contributed by atoms with E-state index in [9.17, 15) is 4.79 Å². The van der Waals surface area contributed by atoms with Gasteiger partial charge in [-0.3, -0.25) is 9.78 Å². The zero-order chi connectivity index (χ0) is 11.3. The molecule has 4 nitrogen and oxygen atoms in total. The molecule has 1 unspecified atom stereocenters. The Morgan fingerprint density at radius 3 is 3.07 bits per heavy atom. The van der Waals surface area contributed by atoms with Crippen LogP contribution in [-0.2, 0) is 0 Å². The number of hydrogen-bond acceptors (Lipinski definition) is 3. The predicted molar refractivity (Wildman–Crippen MR) is 57.6 cm³/mol. The topological polar surface area (TPSA) is 62.2 Å². The van der Waals surface area contributed by atoms with Gasteiger partial charge in [-0.05, 0) is 19.4 Å². The Balaban J connectivity index is 2.65. The molecule has 1 amide bonds. The fourth-order valence-corrected chi connectivity index (χ4v) is 1.17. The first-order valence-corrected chi connectivity index (χ1v) is 4.69. The van der Waals surface area contributed by atoms with E-state index in [0.29, 0.717) is 12.0 Å². The van der Waals surface area contributed by atoms with E-state index in [1.807, 2.05) is 6.92 Å². The first kappa shape index (κ1) is 11.2. The van der Waals surface area contributed by atoms with Gasteiger partial charge < -0.3 is 10.4 Å². The third kappa shape index (κ3) is 3.42. The molecule has 0 radical (unpaired) electrons. The van der Waals surface area contributed by atoms with Gasteiger partial charge in [0.15, 0.2) is 0 Å². The van der Waals surface area contributed by atoms with Crippen LogP contribution in [0.1, 0.15) is 23.7 Å². The SMILES string of the molecule is C=CCC(C)NC(=O)c1cncc(O)c1. The molecule has 80 valence electrons. The van der Waals surface area contributed by atoms with E-state index in [-0.39, 0.29) is 17.7 Å². The molecule has 0 bridgehead atoms. The number of aromatic hydroxyl groups is 1. The zero-order valence-electron chi connectivity index (χ0n) is 8.60. The highest BCUT2D eigenvalue weighted by atomic mass is 16.3. The summed E-state index contributed by atoms with van der Waals surface area (Å²) in [4.78, 5) is 15.3. The van der Waals surface area contributed by atoms with Crippen molar-refractivity contribution < 1.29 is 9.90 Å². The van der Waals surface area contributed by atoms with E-state index >= 15 is 0 Å². The summed E-state index contributed by atoms with van der Waals surface area (Å²) in [5.74, 6) is -0.258. The van der Waals surface area contributed by atoms with Gasteiger partial charge in [0.05, 0.1) is 11.8 Å². The number of rotatable bonds is 4.